The van der Waals surface area contributed by atoms with Crippen molar-refractivity contribution in [3.63, 3.8) is 0 Å². The average molecular weight is 559 g/mol. The maximum atomic E-state index is 13.1. The van der Waals surface area contributed by atoms with E-state index >= 15 is 0 Å². The second-order valence-corrected chi connectivity index (χ2v) is 10.9. The minimum absolute atomic E-state index is 0.0278. The van der Waals surface area contributed by atoms with E-state index in [0.29, 0.717) is 36.1 Å². The lowest BCUT2D eigenvalue weighted by Gasteiger charge is -2.38. The molecule has 1 fully saturated rings. The summed E-state index contributed by atoms with van der Waals surface area (Å²) in [7, 11) is 0. The molecule has 1 aliphatic carbocycles. The van der Waals surface area contributed by atoms with E-state index in [-0.39, 0.29) is 30.3 Å². The Morgan fingerprint density at radius 3 is 2.77 bits per heavy atom. The Morgan fingerprint density at radius 1 is 1.12 bits per heavy atom. The van der Waals surface area contributed by atoms with E-state index in [1.807, 2.05) is 47.1 Å². The molecule has 0 saturated carbocycles. The molecule has 2 aliphatic heterocycles. The van der Waals surface area contributed by atoms with Crippen molar-refractivity contribution in [2.45, 2.75) is 51.5 Å². The van der Waals surface area contributed by atoms with Crippen molar-refractivity contribution >= 4 is 23.5 Å². The topological polar surface area (TPSA) is 104 Å². The Hall–Kier alpha value is -3.98. The summed E-state index contributed by atoms with van der Waals surface area (Å²) in [5, 5.41) is 11.9. The van der Waals surface area contributed by atoms with Crippen molar-refractivity contribution in [1.29, 1.82) is 0 Å². The molecule has 1 aromatic carbocycles. The highest BCUT2D eigenvalue weighted by atomic mass is 35.5. The van der Waals surface area contributed by atoms with Gasteiger partial charge in [-0.2, -0.15) is 0 Å². The number of aromatic nitrogens is 3. The van der Waals surface area contributed by atoms with E-state index in [9.17, 15) is 9.59 Å². The van der Waals surface area contributed by atoms with Crippen LogP contribution in [0.25, 0.3) is 22.6 Å². The molecule has 3 aromatic rings. The highest BCUT2D eigenvalue weighted by molar-refractivity contribution is 6.31. The number of carbonyl (C=O) groups excluding carboxylic acids is 2. The minimum Gasteiger partial charge on any atom is -0.420 e. The van der Waals surface area contributed by atoms with Crippen molar-refractivity contribution in [3.8, 4) is 22.6 Å². The monoisotopic (exact) mass is 558 g/mol. The number of nitrogens with one attached hydrogen (secondary N) is 1. The third kappa shape index (κ3) is 5.51. The van der Waals surface area contributed by atoms with Crippen molar-refractivity contribution in [3.05, 3.63) is 76.6 Å². The van der Waals surface area contributed by atoms with Gasteiger partial charge in [0.25, 0.3) is 0 Å². The highest BCUT2D eigenvalue weighted by Gasteiger charge is 2.32. The lowest BCUT2D eigenvalue weighted by atomic mass is 9.99. The van der Waals surface area contributed by atoms with E-state index < -0.39 is 0 Å². The predicted octanol–water partition coefficient (Wildman–Crippen LogP) is 5.31. The molecule has 2 aromatic heterocycles. The molecule has 0 bridgehead atoms. The van der Waals surface area contributed by atoms with Gasteiger partial charge in [-0.15, -0.1) is 10.2 Å². The summed E-state index contributed by atoms with van der Waals surface area (Å²) >= 11 is 6.41. The summed E-state index contributed by atoms with van der Waals surface area (Å²) in [4.78, 5) is 34.1. The van der Waals surface area contributed by atoms with Gasteiger partial charge in [-0.1, -0.05) is 23.7 Å². The fourth-order valence-corrected chi connectivity index (χ4v) is 6.00. The van der Waals surface area contributed by atoms with E-state index in [1.165, 1.54) is 5.57 Å². The Balaban J connectivity index is 1.07. The molecule has 1 saturated heterocycles. The molecular formula is C30H31ClN6O3. The first-order valence-corrected chi connectivity index (χ1v) is 14.1. The van der Waals surface area contributed by atoms with Crippen molar-refractivity contribution in [2.24, 2.45) is 0 Å². The second kappa shape index (κ2) is 11.3. The standard InChI is InChI=1S/C30H31ClN6O3/c1-19-25(6-4-11-32-19)21-15-22(17-23(31)16-21)29-35-34-27(40-29)18-28(38)36-12-9-24(10-13-36)37-14-8-20-5-2-3-7-26(20)33-30(37)39/h3-4,6-7,11,15-17,24H,2,5,8-10,12-14,18H2,1H3,(H,33,39). The van der Waals surface area contributed by atoms with Crippen LogP contribution in [0.15, 0.2) is 64.4 Å². The van der Waals surface area contributed by atoms with Gasteiger partial charge in [-0.3, -0.25) is 9.78 Å². The van der Waals surface area contributed by atoms with Crippen LogP contribution >= 0.6 is 11.6 Å². The second-order valence-electron chi connectivity index (χ2n) is 10.5. The number of likely N-dealkylation sites (tertiary alicyclic amines) is 1. The van der Waals surface area contributed by atoms with Gasteiger partial charge in [0.05, 0.1) is 0 Å². The number of aryl methyl sites for hydroxylation is 1. The van der Waals surface area contributed by atoms with Crippen molar-refractivity contribution in [2.75, 3.05) is 19.6 Å². The molecular weight excluding hydrogens is 528 g/mol. The molecule has 3 aliphatic rings. The summed E-state index contributed by atoms with van der Waals surface area (Å²) in [5.74, 6) is 0.511. The van der Waals surface area contributed by atoms with Gasteiger partial charge in [0.2, 0.25) is 17.7 Å². The fraction of sp³-hybridized carbons (Fsp3) is 0.367. The van der Waals surface area contributed by atoms with Crippen LogP contribution in [0.4, 0.5) is 4.79 Å². The summed E-state index contributed by atoms with van der Waals surface area (Å²) in [5.41, 5.74) is 5.73. The Labute approximate surface area is 237 Å². The number of pyridine rings is 1. The van der Waals surface area contributed by atoms with E-state index in [0.717, 1.165) is 54.6 Å². The van der Waals surface area contributed by atoms with Crippen molar-refractivity contribution < 1.29 is 14.0 Å². The molecule has 1 N–H and O–H groups in total. The van der Waals surface area contributed by atoms with Crippen LogP contribution in [-0.4, -0.2) is 62.6 Å². The van der Waals surface area contributed by atoms with Gasteiger partial charge in [0, 0.05) is 59.4 Å². The Bertz CT molecular complexity index is 1500. The maximum Gasteiger partial charge on any atom is 0.322 e. The van der Waals surface area contributed by atoms with E-state index in [2.05, 4.69) is 26.6 Å². The third-order valence-electron chi connectivity index (χ3n) is 7.93. The minimum atomic E-state index is -0.0611. The zero-order valence-corrected chi connectivity index (χ0v) is 23.2. The number of carbonyl (C=O) groups is 2. The Kier molecular flexibility index (Phi) is 7.38. The number of amides is 3. The normalized spacial score (nSPS) is 18.0. The third-order valence-corrected chi connectivity index (χ3v) is 8.14. The zero-order chi connectivity index (χ0) is 27.6. The molecule has 0 atom stereocenters. The average Bonchev–Trinajstić information content (AvgIpc) is 3.35. The lowest BCUT2D eigenvalue weighted by Crippen LogP contribution is -2.51. The van der Waals surface area contributed by atoms with Crippen molar-refractivity contribution in [1.82, 2.24) is 30.3 Å². The zero-order valence-electron chi connectivity index (χ0n) is 22.4. The number of urea groups is 1. The number of piperidine rings is 1. The highest BCUT2D eigenvalue weighted by Crippen LogP contribution is 2.31. The van der Waals surface area contributed by atoms with Crippen LogP contribution in [0.5, 0.6) is 0 Å². The largest absolute Gasteiger partial charge is 0.420 e. The van der Waals surface area contributed by atoms with Gasteiger partial charge >= 0.3 is 6.03 Å². The SMILES string of the molecule is Cc1ncccc1-c1cc(Cl)cc(-c2nnc(CC(=O)N3CCC(N4CCC5=C(C=CCC5)NC4=O)CC3)o2)c1. The number of nitrogens with zero attached hydrogens (tertiary/aromatic N) is 5. The fourth-order valence-electron chi connectivity index (χ4n) is 5.76. The summed E-state index contributed by atoms with van der Waals surface area (Å²) in [6, 6.07) is 9.51. The lowest BCUT2D eigenvalue weighted by molar-refractivity contribution is -0.132. The molecule has 10 heteroatoms. The van der Waals surface area contributed by atoms with Gasteiger partial charge in [-0.05, 0) is 80.5 Å². The first kappa shape index (κ1) is 26.3. The van der Waals surface area contributed by atoms with Crippen LogP contribution in [0.1, 0.15) is 43.7 Å². The molecule has 0 spiro atoms. The van der Waals surface area contributed by atoms with Gasteiger partial charge in [0.1, 0.15) is 6.42 Å². The van der Waals surface area contributed by atoms with Gasteiger partial charge in [-0.25, -0.2) is 4.79 Å². The molecule has 0 unspecified atom stereocenters. The van der Waals surface area contributed by atoms with Crippen LogP contribution in [0, 0.1) is 6.92 Å². The molecule has 206 valence electrons. The van der Waals surface area contributed by atoms with Gasteiger partial charge in [0.15, 0.2) is 0 Å². The maximum absolute atomic E-state index is 13.1. The quantitative estimate of drug-likeness (QED) is 0.455. The molecule has 4 heterocycles. The van der Waals surface area contributed by atoms with E-state index in [1.54, 1.807) is 12.3 Å². The molecule has 40 heavy (non-hydrogen) atoms. The summed E-state index contributed by atoms with van der Waals surface area (Å²) < 4.78 is 5.88. The first-order chi connectivity index (χ1) is 19.4. The summed E-state index contributed by atoms with van der Waals surface area (Å²) in [6.07, 6.45) is 10.3. The van der Waals surface area contributed by atoms with Crippen LogP contribution in [0.3, 0.4) is 0 Å². The number of allylic oxidation sites excluding steroid dienone is 2. The number of hydrogen-bond donors (Lipinski definition) is 1. The predicted molar refractivity (Wildman–Crippen MR) is 151 cm³/mol. The molecule has 3 amide bonds. The molecule has 9 nitrogen and oxygen atoms in total. The smallest absolute Gasteiger partial charge is 0.322 e. The van der Waals surface area contributed by atoms with Gasteiger partial charge < -0.3 is 19.5 Å². The summed E-state index contributed by atoms with van der Waals surface area (Å²) in [6.45, 7) is 3.83. The van der Waals surface area contributed by atoms with Crippen LogP contribution in [-0.2, 0) is 11.2 Å². The molecule has 0 radical (unpaired) electrons. The number of rotatable bonds is 5. The molecule has 6 rings (SSSR count). The first-order valence-electron chi connectivity index (χ1n) is 13.7. The van der Waals surface area contributed by atoms with E-state index in [4.69, 9.17) is 16.0 Å². The number of benzene rings is 1. The number of hydrogen-bond acceptors (Lipinski definition) is 6. The number of halogens is 1. The van der Waals surface area contributed by atoms with Crippen LogP contribution in [0.2, 0.25) is 5.02 Å². The van der Waals surface area contributed by atoms with Crippen LogP contribution < -0.4 is 5.32 Å². The Morgan fingerprint density at radius 2 is 1.95 bits per heavy atom.